The van der Waals surface area contributed by atoms with Gasteiger partial charge in [0.05, 0.1) is 13.7 Å². The highest BCUT2D eigenvalue weighted by molar-refractivity contribution is 6.21. The third kappa shape index (κ3) is 3.70. The molecule has 2 heterocycles. The summed E-state index contributed by atoms with van der Waals surface area (Å²) < 4.78 is 16.9. The van der Waals surface area contributed by atoms with Gasteiger partial charge in [0.2, 0.25) is 0 Å². The topological polar surface area (TPSA) is 73.9 Å². The highest BCUT2D eigenvalue weighted by Gasteiger charge is 2.33. The van der Waals surface area contributed by atoms with Crippen LogP contribution in [0, 0.1) is 0 Å². The predicted molar refractivity (Wildman–Crippen MR) is 109 cm³/mol. The molecule has 0 fully saturated rings. The van der Waals surface area contributed by atoms with Crippen molar-refractivity contribution in [2.45, 2.75) is 25.9 Å². The molecule has 2 aliphatic rings. The first-order chi connectivity index (χ1) is 13.9. The minimum Gasteiger partial charge on any atom is -0.493 e. The minimum absolute atomic E-state index is 0.106. The van der Waals surface area contributed by atoms with Crippen molar-refractivity contribution >= 4 is 17.3 Å². The third-order valence-electron chi connectivity index (χ3n) is 5.03. The van der Waals surface area contributed by atoms with Crippen molar-refractivity contribution in [1.82, 2.24) is 5.32 Å². The van der Waals surface area contributed by atoms with E-state index in [9.17, 15) is 9.59 Å². The second-order valence-electron chi connectivity index (χ2n) is 7.74. The Bertz CT molecular complexity index is 1020. The number of ketones is 1. The van der Waals surface area contributed by atoms with Crippen LogP contribution in [0.25, 0.3) is 5.57 Å². The fourth-order valence-corrected chi connectivity index (χ4v) is 3.70. The van der Waals surface area contributed by atoms with Gasteiger partial charge in [-0.2, -0.15) is 0 Å². The lowest BCUT2D eigenvalue weighted by atomic mass is 9.98. The Hall–Kier alpha value is -3.28. The SMILES string of the molecule is COc1cc(C(=O)CNC(=O)C2=CCOc3ccccc32)cc2c1OC(C)(C)C2. The number of hydrogen-bond donors (Lipinski definition) is 1. The smallest absolute Gasteiger partial charge is 0.252 e. The van der Waals surface area contributed by atoms with Gasteiger partial charge >= 0.3 is 0 Å². The summed E-state index contributed by atoms with van der Waals surface area (Å²) in [6, 6.07) is 10.8. The highest BCUT2D eigenvalue weighted by Crippen LogP contribution is 2.42. The molecule has 0 unspecified atom stereocenters. The average molecular weight is 393 g/mol. The van der Waals surface area contributed by atoms with E-state index in [1.165, 1.54) is 0 Å². The average Bonchev–Trinajstić information content (AvgIpc) is 3.04. The number of Topliss-reactive ketones (excluding diaryl/α,β-unsaturated/α-hetero) is 1. The van der Waals surface area contributed by atoms with Crippen molar-refractivity contribution in [3.05, 3.63) is 59.2 Å². The first kappa shape index (κ1) is 19.1. The predicted octanol–water partition coefficient (Wildman–Crippen LogP) is 3.18. The van der Waals surface area contributed by atoms with Gasteiger partial charge in [0.15, 0.2) is 17.3 Å². The van der Waals surface area contributed by atoms with Gasteiger partial charge in [-0.15, -0.1) is 0 Å². The van der Waals surface area contributed by atoms with E-state index in [0.29, 0.717) is 41.4 Å². The van der Waals surface area contributed by atoms with Gasteiger partial charge in [-0.25, -0.2) is 0 Å². The molecule has 0 aliphatic carbocycles. The van der Waals surface area contributed by atoms with E-state index in [-0.39, 0.29) is 23.8 Å². The lowest BCUT2D eigenvalue weighted by molar-refractivity contribution is -0.115. The van der Waals surface area contributed by atoms with Crippen LogP contribution in [0.3, 0.4) is 0 Å². The molecule has 0 saturated carbocycles. The molecule has 6 nitrogen and oxygen atoms in total. The van der Waals surface area contributed by atoms with Crippen molar-refractivity contribution in [3.8, 4) is 17.2 Å². The van der Waals surface area contributed by atoms with E-state index in [1.54, 1.807) is 19.3 Å². The normalized spacial score (nSPS) is 15.9. The summed E-state index contributed by atoms with van der Waals surface area (Å²) in [5.41, 5.74) is 2.33. The Labute approximate surface area is 169 Å². The van der Waals surface area contributed by atoms with E-state index >= 15 is 0 Å². The number of fused-ring (bicyclic) bond motifs is 2. The van der Waals surface area contributed by atoms with Crippen LogP contribution in [-0.2, 0) is 11.2 Å². The van der Waals surface area contributed by atoms with Gasteiger partial charge in [-0.3, -0.25) is 9.59 Å². The lowest BCUT2D eigenvalue weighted by Crippen LogP contribution is -2.31. The molecule has 0 aromatic heterocycles. The molecular formula is C23H23NO5. The van der Waals surface area contributed by atoms with E-state index in [2.05, 4.69) is 5.32 Å². The number of carbonyl (C=O) groups is 2. The van der Waals surface area contributed by atoms with Crippen LogP contribution in [0.1, 0.15) is 35.3 Å². The number of ether oxygens (including phenoxy) is 3. The van der Waals surface area contributed by atoms with Gasteiger partial charge < -0.3 is 19.5 Å². The van der Waals surface area contributed by atoms with E-state index in [1.807, 2.05) is 44.2 Å². The van der Waals surface area contributed by atoms with Crippen molar-refractivity contribution < 1.29 is 23.8 Å². The summed E-state index contributed by atoms with van der Waals surface area (Å²) in [5, 5.41) is 2.73. The van der Waals surface area contributed by atoms with Gasteiger partial charge in [-0.1, -0.05) is 18.2 Å². The fraction of sp³-hybridized carbons (Fsp3) is 0.304. The monoisotopic (exact) mass is 393 g/mol. The fourth-order valence-electron chi connectivity index (χ4n) is 3.70. The number of carbonyl (C=O) groups excluding carboxylic acids is 2. The molecule has 2 aromatic carbocycles. The number of benzene rings is 2. The van der Waals surface area contributed by atoms with Crippen LogP contribution in [0.5, 0.6) is 17.2 Å². The zero-order chi connectivity index (χ0) is 20.6. The summed E-state index contributed by atoms with van der Waals surface area (Å²) >= 11 is 0. The molecule has 150 valence electrons. The van der Waals surface area contributed by atoms with Crippen molar-refractivity contribution in [3.63, 3.8) is 0 Å². The molecule has 1 N–H and O–H groups in total. The largest absolute Gasteiger partial charge is 0.493 e. The molecule has 1 amide bonds. The molecule has 6 heteroatoms. The third-order valence-corrected chi connectivity index (χ3v) is 5.03. The van der Waals surface area contributed by atoms with E-state index < -0.39 is 0 Å². The lowest BCUT2D eigenvalue weighted by Gasteiger charge is -2.18. The number of methoxy groups -OCH3 is 1. The summed E-state index contributed by atoms with van der Waals surface area (Å²) in [4.78, 5) is 25.4. The van der Waals surface area contributed by atoms with Crippen molar-refractivity contribution in [2.24, 2.45) is 0 Å². The Morgan fingerprint density at radius 3 is 2.79 bits per heavy atom. The number of para-hydroxylation sites is 1. The summed E-state index contributed by atoms with van der Waals surface area (Å²) in [6.07, 6.45) is 2.41. The number of amides is 1. The van der Waals surface area contributed by atoms with Gasteiger partial charge in [-0.05, 0) is 38.1 Å². The number of nitrogens with one attached hydrogen (secondary N) is 1. The molecule has 0 spiro atoms. The Balaban J connectivity index is 1.48. The number of hydrogen-bond acceptors (Lipinski definition) is 5. The van der Waals surface area contributed by atoms with Crippen LogP contribution in [0.15, 0.2) is 42.5 Å². The first-order valence-corrected chi connectivity index (χ1v) is 9.51. The standard InChI is InChI=1S/C23H23NO5/c1-23(2)12-15-10-14(11-20(27-3)21(15)29-23)18(25)13-24-22(26)17-8-9-28-19-7-5-4-6-16(17)19/h4-8,10-11H,9,12-13H2,1-3H3,(H,24,26). The quantitative estimate of drug-likeness (QED) is 0.790. The maximum Gasteiger partial charge on any atom is 0.252 e. The number of rotatable bonds is 5. The summed E-state index contributed by atoms with van der Waals surface area (Å²) in [7, 11) is 1.55. The molecule has 0 radical (unpaired) electrons. The Kier molecular flexibility index (Phi) is 4.78. The molecule has 2 aromatic rings. The summed E-state index contributed by atoms with van der Waals surface area (Å²) in [5.74, 6) is 1.39. The summed E-state index contributed by atoms with van der Waals surface area (Å²) in [6.45, 7) is 4.21. The van der Waals surface area contributed by atoms with E-state index in [4.69, 9.17) is 14.2 Å². The second-order valence-corrected chi connectivity index (χ2v) is 7.74. The van der Waals surface area contributed by atoms with Gasteiger partial charge in [0.25, 0.3) is 5.91 Å². The molecule has 2 aliphatic heterocycles. The second kappa shape index (κ2) is 7.28. The maximum atomic E-state index is 12.8. The Morgan fingerprint density at radius 1 is 1.21 bits per heavy atom. The molecule has 29 heavy (non-hydrogen) atoms. The Morgan fingerprint density at radius 2 is 2.00 bits per heavy atom. The minimum atomic E-state index is -0.339. The van der Waals surface area contributed by atoms with Crippen molar-refractivity contribution in [1.29, 1.82) is 0 Å². The van der Waals surface area contributed by atoms with Crippen LogP contribution in [0.2, 0.25) is 0 Å². The maximum absolute atomic E-state index is 12.8. The van der Waals surface area contributed by atoms with Crippen LogP contribution < -0.4 is 19.5 Å². The molecule has 4 rings (SSSR count). The van der Waals surface area contributed by atoms with Crippen LogP contribution in [0.4, 0.5) is 0 Å². The van der Waals surface area contributed by atoms with Gasteiger partial charge in [0, 0.05) is 28.7 Å². The van der Waals surface area contributed by atoms with Gasteiger partial charge in [0.1, 0.15) is 18.0 Å². The van der Waals surface area contributed by atoms with Crippen LogP contribution in [-0.4, -0.2) is 37.6 Å². The molecule has 0 bridgehead atoms. The zero-order valence-electron chi connectivity index (χ0n) is 16.7. The first-order valence-electron chi connectivity index (χ1n) is 9.51. The van der Waals surface area contributed by atoms with Crippen molar-refractivity contribution in [2.75, 3.05) is 20.3 Å². The van der Waals surface area contributed by atoms with E-state index in [0.717, 1.165) is 11.1 Å². The molecular weight excluding hydrogens is 370 g/mol. The molecule has 0 saturated heterocycles. The molecule has 0 atom stereocenters. The van der Waals surface area contributed by atoms with Crippen LogP contribution >= 0.6 is 0 Å². The zero-order valence-corrected chi connectivity index (χ0v) is 16.7. The highest BCUT2D eigenvalue weighted by atomic mass is 16.5.